The molecule has 0 heterocycles. The molecule has 1 aromatic rings. The molecule has 84 valence electrons. The Kier molecular flexibility index (Phi) is 2.62. The van der Waals surface area contributed by atoms with Gasteiger partial charge in [0.25, 0.3) is 0 Å². The molecule has 0 unspecified atom stereocenters. The standard InChI is InChI=1S/C13H12ClFO/c1-13(2)7-8(5-12(14)16)10-6-9(15)3-4-11(10)13/h3-6H,7H2,1-2H3. The maximum Gasteiger partial charge on any atom is 0.245 e. The highest BCUT2D eigenvalue weighted by Gasteiger charge is 2.33. The van der Waals surface area contributed by atoms with Gasteiger partial charge in [0, 0.05) is 6.08 Å². The van der Waals surface area contributed by atoms with Crippen molar-refractivity contribution in [2.45, 2.75) is 25.7 Å². The third-order valence-corrected chi connectivity index (χ3v) is 3.09. The van der Waals surface area contributed by atoms with Crippen LogP contribution in [-0.2, 0) is 10.2 Å². The van der Waals surface area contributed by atoms with Crippen molar-refractivity contribution < 1.29 is 9.18 Å². The van der Waals surface area contributed by atoms with Crippen molar-refractivity contribution in [1.82, 2.24) is 0 Å². The maximum absolute atomic E-state index is 13.2. The first kappa shape index (κ1) is 11.3. The number of hydrogen-bond acceptors (Lipinski definition) is 1. The van der Waals surface area contributed by atoms with Gasteiger partial charge in [0.15, 0.2) is 0 Å². The lowest BCUT2D eigenvalue weighted by molar-refractivity contribution is -0.107. The molecule has 1 aliphatic carbocycles. The minimum Gasteiger partial charge on any atom is -0.276 e. The molecule has 0 N–H and O–H groups in total. The molecule has 0 fully saturated rings. The first-order valence-corrected chi connectivity index (χ1v) is 5.48. The molecule has 0 aromatic heterocycles. The van der Waals surface area contributed by atoms with Crippen LogP contribution in [0.25, 0.3) is 5.57 Å². The van der Waals surface area contributed by atoms with E-state index in [1.807, 2.05) is 0 Å². The van der Waals surface area contributed by atoms with Gasteiger partial charge in [-0.15, -0.1) is 0 Å². The van der Waals surface area contributed by atoms with E-state index in [9.17, 15) is 9.18 Å². The minimum atomic E-state index is -0.511. The van der Waals surface area contributed by atoms with Gasteiger partial charge in [-0.3, -0.25) is 4.79 Å². The van der Waals surface area contributed by atoms with Crippen LogP contribution in [0.1, 0.15) is 31.4 Å². The molecular formula is C13H12ClFO. The van der Waals surface area contributed by atoms with Crippen molar-refractivity contribution >= 4 is 22.4 Å². The highest BCUT2D eigenvalue weighted by Crippen LogP contribution is 2.45. The van der Waals surface area contributed by atoms with Crippen LogP contribution in [0.2, 0.25) is 0 Å². The van der Waals surface area contributed by atoms with Crippen LogP contribution in [0.15, 0.2) is 24.3 Å². The number of hydrogen-bond donors (Lipinski definition) is 0. The second-order valence-corrected chi connectivity index (χ2v) is 5.10. The Morgan fingerprint density at radius 1 is 1.50 bits per heavy atom. The second-order valence-electron chi connectivity index (χ2n) is 4.72. The van der Waals surface area contributed by atoms with Gasteiger partial charge in [-0.2, -0.15) is 0 Å². The van der Waals surface area contributed by atoms with Crippen molar-refractivity contribution in [3.63, 3.8) is 0 Å². The number of benzene rings is 1. The molecule has 0 aliphatic heterocycles. The average molecular weight is 239 g/mol. The van der Waals surface area contributed by atoms with Gasteiger partial charge >= 0.3 is 0 Å². The highest BCUT2D eigenvalue weighted by atomic mass is 35.5. The fourth-order valence-electron chi connectivity index (χ4n) is 2.30. The van der Waals surface area contributed by atoms with Gasteiger partial charge in [-0.25, -0.2) is 4.39 Å². The predicted molar refractivity (Wildman–Crippen MR) is 62.9 cm³/mol. The van der Waals surface area contributed by atoms with E-state index in [1.54, 1.807) is 6.07 Å². The van der Waals surface area contributed by atoms with Crippen LogP contribution in [0.4, 0.5) is 4.39 Å². The van der Waals surface area contributed by atoms with E-state index in [-0.39, 0.29) is 11.2 Å². The number of allylic oxidation sites excluding steroid dienone is 2. The zero-order valence-electron chi connectivity index (χ0n) is 9.18. The summed E-state index contributed by atoms with van der Waals surface area (Å²) in [4.78, 5) is 10.9. The SMILES string of the molecule is CC1(C)CC(=CC(=O)Cl)c2cc(F)ccc21. The summed E-state index contributed by atoms with van der Waals surface area (Å²) in [5.74, 6) is -0.288. The molecule has 2 rings (SSSR count). The summed E-state index contributed by atoms with van der Waals surface area (Å²) in [6.45, 7) is 4.15. The van der Waals surface area contributed by atoms with Crippen LogP contribution in [0.5, 0.6) is 0 Å². The molecule has 0 bridgehead atoms. The monoisotopic (exact) mass is 238 g/mol. The van der Waals surface area contributed by atoms with Gasteiger partial charge in [-0.1, -0.05) is 19.9 Å². The fourth-order valence-corrected chi connectivity index (χ4v) is 2.44. The molecule has 1 aromatic carbocycles. The van der Waals surface area contributed by atoms with Gasteiger partial charge in [-0.05, 0) is 52.3 Å². The predicted octanol–water partition coefficient (Wildman–Crippen LogP) is 3.66. The van der Waals surface area contributed by atoms with Crippen LogP contribution in [-0.4, -0.2) is 5.24 Å². The van der Waals surface area contributed by atoms with Crippen molar-refractivity contribution in [1.29, 1.82) is 0 Å². The largest absolute Gasteiger partial charge is 0.276 e. The summed E-state index contributed by atoms with van der Waals surface area (Å²) in [7, 11) is 0. The number of halogens is 2. The van der Waals surface area contributed by atoms with Crippen LogP contribution >= 0.6 is 11.6 Å². The Bertz CT molecular complexity index is 489. The molecule has 16 heavy (non-hydrogen) atoms. The van der Waals surface area contributed by atoms with Crippen molar-refractivity contribution in [3.05, 3.63) is 41.2 Å². The number of rotatable bonds is 1. The molecule has 0 spiro atoms. The molecule has 0 saturated carbocycles. The second kappa shape index (κ2) is 3.70. The van der Waals surface area contributed by atoms with E-state index in [4.69, 9.17) is 11.6 Å². The van der Waals surface area contributed by atoms with Gasteiger partial charge in [0.1, 0.15) is 5.82 Å². The Morgan fingerprint density at radius 2 is 2.19 bits per heavy atom. The molecule has 1 aliphatic rings. The summed E-state index contributed by atoms with van der Waals surface area (Å²) >= 11 is 5.35. The lowest BCUT2D eigenvalue weighted by Crippen LogP contribution is -2.11. The molecular weight excluding hydrogens is 227 g/mol. The lowest BCUT2D eigenvalue weighted by Gasteiger charge is -2.17. The molecule has 0 radical (unpaired) electrons. The summed E-state index contributed by atoms with van der Waals surface area (Å²) < 4.78 is 13.2. The van der Waals surface area contributed by atoms with E-state index in [0.717, 1.165) is 16.7 Å². The molecule has 0 amide bonds. The van der Waals surface area contributed by atoms with Crippen LogP contribution in [0.3, 0.4) is 0 Å². The fraction of sp³-hybridized carbons (Fsp3) is 0.308. The molecule has 0 saturated heterocycles. The first-order valence-electron chi connectivity index (χ1n) is 5.10. The van der Waals surface area contributed by atoms with Crippen molar-refractivity contribution in [2.75, 3.05) is 0 Å². The highest BCUT2D eigenvalue weighted by molar-refractivity contribution is 6.67. The Labute approximate surface area is 98.9 Å². The van der Waals surface area contributed by atoms with Gasteiger partial charge < -0.3 is 0 Å². The Morgan fingerprint density at radius 3 is 2.81 bits per heavy atom. The summed E-state index contributed by atoms with van der Waals surface area (Å²) in [5.41, 5.74) is 2.62. The van der Waals surface area contributed by atoms with E-state index < -0.39 is 5.24 Å². The van der Waals surface area contributed by atoms with E-state index in [1.165, 1.54) is 18.2 Å². The maximum atomic E-state index is 13.2. The lowest BCUT2D eigenvalue weighted by atomic mass is 9.86. The van der Waals surface area contributed by atoms with Crippen molar-refractivity contribution in [3.8, 4) is 0 Å². The normalized spacial score (nSPS) is 19.9. The Balaban J connectivity index is 2.60. The smallest absolute Gasteiger partial charge is 0.245 e. The zero-order chi connectivity index (χ0) is 11.9. The average Bonchev–Trinajstić information content (AvgIpc) is 2.37. The van der Waals surface area contributed by atoms with E-state index >= 15 is 0 Å². The Hall–Kier alpha value is -1.15. The van der Waals surface area contributed by atoms with Gasteiger partial charge in [0.05, 0.1) is 0 Å². The van der Waals surface area contributed by atoms with E-state index in [2.05, 4.69) is 13.8 Å². The van der Waals surface area contributed by atoms with Gasteiger partial charge in [0.2, 0.25) is 5.24 Å². The number of carbonyl (C=O) groups is 1. The number of carbonyl (C=O) groups excluding carboxylic acids is 1. The van der Waals surface area contributed by atoms with Crippen molar-refractivity contribution in [2.24, 2.45) is 0 Å². The topological polar surface area (TPSA) is 17.1 Å². The van der Waals surface area contributed by atoms with Crippen LogP contribution < -0.4 is 0 Å². The summed E-state index contributed by atoms with van der Waals surface area (Å²) in [5, 5.41) is -0.511. The zero-order valence-corrected chi connectivity index (χ0v) is 9.94. The molecule has 0 atom stereocenters. The van der Waals surface area contributed by atoms with Crippen LogP contribution in [0, 0.1) is 5.82 Å². The molecule has 1 nitrogen and oxygen atoms in total. The minimum absolute atomic E-state index is 0.0682. The third-order valence-electron chi connectivity index (χ3n) is 2.98. The summed E-state index contributed by atoms with van der Waals surface area (Å²) in [6.07, 6.45) is 2.10. The molecule has 3 heteroatoms. The first-order chi connectivity index (χ1) is 7.40. The third kappa shape index (κ3) is 1.90. The number of fused-ring (bicyclic) bond motifs is 1. The van der Waals surface area contributed by atoms with E-state index in [0.29, 0.717) is 6.42 Å². The quantitative estimate of drug-likeness (QED) is 0.539. The summed E-state index contributed by atoms with van der Waals surface area (Å²) in [6, 6.07) is 4.70.